The lowest BCUT2D eigenvalue weighted by atomic mass is 9.89. The van der Waals surface area contributed by atoms with Crippen molar-refractivity contribution in [3.63, 3.8) is 0 Å². The summed E-state index contributed by atoms with van der Waals surface area (Å²) in [5.74, 6) is -0.0615. The molecule has 0 unspecified atom stereocenters. The van der Waals surface area contributed by atoms with Gasteiger partial charge in [-0.3, -0.25) is 14.1 Å². The summed E-state index contributed by atoms with van der Waals surface area (Å²) in [5, 5.41) is 0. The fourth-order valence-corrected chi connectivity index (χ4v) is 8.97. The second-order valence-electron chi connectivity index (χ2n) is 15.4. The number of Topliss-reactive ketones (excluding diaryl/α,β-unsaturated/α-hetero) is 2. The van der Waals surface area contributed by atoms with Gasteiger partial charge in [-0.25, -0.2) is 0 Å². The highest BCUT2D eigenvalue weighted by atomic mass is 32.2. The van der Waals surface area contributed by atoms with Crippen molar-refractivity contribution in [2.45, 2.75) is 4.90 Å². The summed E-state index contributed by atoms with van der Waals surface area (Å²) in [5.41, 5.74) is 13.4. The first-order valence-corrected chi connectivity index (χ1v) is 23.8. The molecule has 10 heteroatoms. The molecule has 0 heterocycles. The molecule has 8 aromatic rings. The molecule has 0 saturated heterocycles. The van der Waals surface area contributed by atoms with Crippen LogP contribution in [0.5, 0.6) is 0 Å². The summed E-state index contributed by atoms with van der Waals surface area (Å²) >= 11 is 0. The van der Waals surface area contributed by atoms with E-state index >= 15 is 0 Å². The van der Waals surface area contributed by atoms with Crippen molar-refractivity contribution in [3.8, 4) is 0 Å². The SMILES string of the molecule is O=C1C(c2ccccc2)=C(c2ccccc2)C(c2ccccc2)=C1c1ccc(S(=O)(=O)O)cc1.O=C1C(c2ccccc2)=C(c2ccccc2)C(c2ccccc2)=C1c1ccccc1.O=S(=O)=O. The number of hydrogen-bond acceptors (Lipinski definition) is 7. The fraction of sp³-hybridized carbons (Fsp3) is 0. The van der Waals surface area contributed by atoms with E-state index in [1.54, 1.807) is 12.1 Å². The molecule has 0 fully saturated rings. The quantitative estimate of drug-likeness (QED) is 0.141. The van der Waals surface area contributed by atoms with Gasteiger partial charge in [-0.1, -0.05) is 224 Å². The van der Waals surface area contributed by atoms with Crippen LogP contribution in [0.2, 0.25) is 0 Å². The van der Waals surface area contributed by atoms with Crippen molar-refractivity contribution >= 4 is 76.9 Å². The van der Waals surface area contributed by atoms with Gasteiger partial charge in [0.05, 0.1) is 4.90 Å². The van der Waals surface area contributed by atoms with Crippen LogP contribution in [-0.4, -0.2) is 37.2 Å². The summed E-state index contributed by atoms with van der Waals surface area (Å²) in [7, 11) is -7.45. The average molecular weight is 929 g/mol. The molecule has 8 nitrogen and oxygen atoms in total. The molecule has 332 valence electrons. The van der Waals surface area contributed by atoms with E-state index in [4.69, 9.17) is 12.6 Å². The van der Waals surface area contributed by atoms with Gasteiger partial charge >= 0.3 is 10.6 Å². The lowest BCUT2D eigenvalue weighted by Crippen LogP contribution is -2.03. The molecule has 0 atom stereocenters. The van der Waals surface area contributed by atoms with Gasteiger partial charge in [0.1, 0.15) is 0 Å². The smallest absolute Gasteiger partial charge is 0.289 e. The Labute approximate surface area is 396 Å². The van der Waals surface area contributed by atoms with Crippen LogP contribution in [0.25, 0.3) is 44.6 Å². The van der Waals surface area contributed by atoms with Crippen molar-refractivity contribution < 1.29 is 35.2 Å². The Bertz CT molecular complexity index is 3380. The van der Waals surface area contributed by atoms with Gasteiger partial charge in [0, 0.05) is 44.6 Å². The molecular weight excluding hydrogens is 889 g/mol. The van der Waals surface area contributed by atoms with Gasteiger partial charge in [-0.05, 0) is 56.6 Å². The van der Waals surface area contributed by atoms with Crippen molar-refractivity contribution in [1.29, 1.82) is 0 Å². The standard InChI is InChI=1S/C29H20O4S.C29H20O.O3S/c30-29-27(22-14-8-3-9-15-22)25(20-10-4-1-5-11-20)26(21-12-6-2-7-13-21)28(29)23-16-18-24(19-17-23)34(31,32)33;30-29-27(23-17-9-3-10-18-23)25(21-13-5-1-6-14-21)26(22-15-7-2-8-16-22)28(29)24-19-11-4-12-20-24;1-4(2)3/h1-19H,(H,31,32,33);1-20H;. The van der Waals surface area contributed by atoms with E-state index < -0.39 is 20.7 Å². The molecule has 0 aliphatic heterocycles. The molecule has 0 bridgehead atoms. The number of carbonyl (C=O) groups excluding carboxylic acids is 2. The average Bonchev–Trinajstić information content (AvgIpc) is 3.86. The second-order valence-corrected chi connectivity index (χ2v) is 17.3. The first kappa shape index (κ1) is 46.1. The number of carbonyl (C=O) groups is 2. The number of rotatable bonds is 9. The van der Waals surface area contributed by atoms with Crippen molar-refractivity contribution in [3.05, 3.63) is 281 Å². The normalized spacial score (nSPS) is 13.5. The third kappa shape index (κ3) is 10.0. The van der Waals surface area contributed by atoms with Crippen LogP contribution in [0, 0.1) is 0 Å². The molecule has 1 N–H and O–H groups in total. The Morgan fingerprint density at radius 2 is 0.426 bits per heavy atom. The molecule has 0 spiro atoms. The van der Waals surface area contributed by atoms with Crippen LogP contribution >= 0.6 is 0 Å². The number of benzene rings is 8. The predicted molar refractivity (Wildman–Crippen MR) is 268 cm³/mol. The van der Waals surface area contributed by atoms with Gasteiger partial charge < -0.3 is 0 Å². The molecular formula is C58H40O8S2. The number of ketones is 2. The van der Waals surface area contributed by atoms with E-state index in [2.05, 4.69) is 24.3 Å². The molecule has 8 aromatic carbocycles. The molecule has 0 saturated carbocycles. The number of hydrogen-bond donors (Lipinski definition) is 1. The van der Waals surface area contributed by atoms with Crippen molar-refractivity contribution in [2.75, 3.05) is 0 Å². The fourth-order valence-electron chi connectivity index (χ4n) is 8.49. The summed E-state index contributed by atoms with van der Waals surface area (Å²) in [4.78, 5) is 27.8. The van der Waals surface area contributed by atoms with Crippen LogP contribution in [0.1, 0.15) is 44.5 Å². The maximum absolute atomic E-state index is 14.1. The molecule has 0 amide bonds. The van der Waals surface area contributed by atoms with E-state index in [0.717, 1.165) is 72.4 Å². The summed E-state index contributed by atoms with van der Waals surface area (Å²) in [6.45, 7) is 0. The highest BCUT2D eigenvalue weighted by Crippen LogP contribution is 2.51. The van der Waals surface area contributed by atoms with Crippen LogP contribution in [0.15, 0.2) is 241 Å². The summed E-state index contributed by atoms with van der Waals surface area (Å²) in [6.07, 6.45) is 0. The van der Waals surface area contributed by atoms with Gasteiger partial charge in [-0.2, -0.15) is 8.42 Å². The lowest BCUT2D eigenvalue weighted by molar-refractivity contribution is -0.109. The second kappa shape index (κ2) is 20.8. The zero-order valence-electron chi connectivity index (χ0n) is 36.1. The minimum absolute atomic E-state index is 0.0742. The Morgan fingerprint density at radius 1 is 0.265 bits per heavy atom. The zero-order chi connectivity index (χ0) is 47.6. The summed E-state index contributed by atoms with van der Waals surface area (Å²) < 4.78 is 57.8. The van der Waals surface area contributed by atoms with Crippen LogP contribution in [0.3, 0.4) is 0 Å². The van der Waals surface area contributed by atoms with Crippen LogP contribution < -0.4 is 0 Å². The van der Waals surface area contributed by atoms with Gasteiger partial charge in [0.2, 0.25) is 0 Å². The molecule has 0 aromatic heterocycles. The Morgan fingerprint density at radius 3 is 0.603 bits per heavy atom. The van der Waals surface area contributed by atoms with E-state index in [1.165, 1.54) is 12.1 Å². The zero-order valence-corrected chi connectivity index (χ0v) is 37.8. The van der Waals surface area contributed by atoms with E-state index in [-0.39, 0.29) is 16.5 Å². The third-order valence-electron chi connectivity index (χ3n) is 11.3. The maximum atomic E-state index is 14.1. The Kier molecular flexibility index (Phi) is 14.1. The van der Waals surface area contributed by atoms with Gasteiger partial charge in [0.25, 0.3) is 10.1 Å². The molecule has 10 rings (SSSR count). The third-order valence-corrected chi connectivity index (χ3v) is 12.2. The summed E-state index contributed by atoms with van der Waals surface area (Å²) in [6, 6.07) is 75.3. The minimum atomic E-state index is -4.34. The number of allylic oxidation sites excluding steroid dienone is 8. The largest absolute Gasteiger partial charge is 0.425 e. The molecule has 2 aliphatic rings. The van der Waals surface area contributed by atoms with Crippen molar-refractivity contribution in [2.24, 2.45) is 0 Å². The van der Waals surface area contributed by atoms with Gasteiger partial charge in [-0.15, -0.1) is 12.6 Å². The van der Waals surface area contributed by atoms with Gasteiger partial charge in [0.15, 0.2) is 11.6 Å². The monoisotopic (exact) mass is 928 g/mol. The van der Waals surface area contributed by atoms with Crippen molar-refractivity contribution in [1.82, 2.24) is 0 Å². The first-order valence-electron chi connectivity index (χ1n) is 21.3. The predicted octanol–water partition coefficient (Wildman–Crippen LogP) is 11.8. The topological polar surface area (TPSA) is 140 Å². The van der Waals surface area contributed by atoms with E-state index in [9.17, 15) is 22.6 Å². The highest BCUT2D eigenvalue weighted by Gasteiger charge is 2.37. The molecule has 0 radical (unpaired) electrons. The Hall–Kier alpha value is -8.41. The van der Waals surface area contributed by atoms with E-state index in [1.807, 2.05) is 188 Å². The highest BCUT2D eigenvalue weighted by molar-refractivity contribution is 7.85. The first-order chi connectivity index (χ1) is 33.0. The van der Waals surface area contributed by atoms with Crippen LogP contribution in [0.4, 0.5) is 0 Å². The maximum Gasteiger partial charge on any atom is 0.425 e. The molecule has 68 heavy (non-hydrogen) atoms. The van der Waals surface area contributed by atoms with Crippen LogP contribution in [-0.2, 0) is 30.3 Å². The van der Waals surface area contributed by atoms with E-state index in [0.29, 0.717) is 16.7 Å². The lowest BCUT2D eigenvalue weighted by Gasteiger charge is -2.13. The molecule has 2 aliphatic carbocycles. The Balaban J connectivity index is 0.000000172. The minimum Gasteiger partial charge on any atom is -0.289 e.